The molecule has 148 valence electrons. The molecule has 4 nitrogen and oxygen atoms in total. The molecule has 0 radical (unpaired) electrons. The molecule has 0 saturated carbocycles. The van der Waals surface area contributed by atoms with Gasteiger partial charge in [0.25, 0.3) is 5.91 Å². The van der Waals surface area contributed by atoms with Gasteiger partial charge >= 0.3 is 0 Å². The van der Waals surface area contributed by atoms with Crippen molar-refractivity contribution >= 4 is 11.6 Å². The first kappa shape index (κ1) is 19.1. The lowest BCUT2D eigenvalue weighted by Crippen LogP contribution is -2.36. The number of fused-ring (bicyclic) bond motifs is 1. The van der Waals surface area contributed by atoms with E-state index in [1.54, 1.807) is 17.0 Å². The Morgan fingerprint density at radius 1 is 1.04 bits per heavy atom. The maximum Gasteiger partial charge on any atom is 0.261 e. The quantitative estimate of drug-likeness (QED) is 0.871. The van der Waals surface area contributed by atoms with Gasteiger partial charge in [-0.1, -0.05) is 30.7 Å². The third-order valence-electron chi connectivity index (χ3n) is 5.84. The number of aliphatic hydroxyl groups excluding tert-OH is 1. The number of β-amino-alcohol motifs (C(OH)–C–C–N with tert-alkyl or cyclic N) is 1. The van der Waals surface area contributed by atoms with E-state index in [1.807, 2.05) is 18.2 Å². The van der Waals surface area contributed by atoms with Crippen LogP contribution in [0.15, 0.2) is 42.5 Å². The van der Waals surface area contributed by atoms with E-state index in [9.17, 15) is 14.3 Å². The van der Waals surface area contributed by atoms with Crippen molar-refractivity contribution in [2.75, 3.05) is 31.1 Å². The van der Waals surface area contributed by atoms with Crippen LogP contribution in [0.3, 0.4) is 0 Å². The van der Waals surface area contributed by atoms with Crippen LogP contribution in [0.2, 0.25) is 0 Å². The van der Waals surface area contributed by atoms with Crippen LogP contribution in [0.25, 0.3) is 0 Å². The number of anilines is 1. The normalized spacial score (nSPS) is 18.6. The summed E-state index contributed by atoms with van der Waals surface area (Å²) in [6, 6.07) is 11.9. The molecule has 0 aromatic heterocycles. The van der Waals surface area contributed by atoms with E-state index in [2.05, 4.69) is 4.90 Å². The zero-order chi connectivity index (χ0) is 19.5. The number of amides is 1. The van der Waals surface area contributed by atoms with Gasteiger partial charge in [0.1, 0.15) is 5.82 Å². The Balaban J connectivity index is 1.54. The molecule has 1 saturated heterocycles. The molecular weight excluding hydrogens is 355 g/mol. The number of hydrogen-bond acceptors (Lipinski definition) is 3. The van der Waals surface area contributed by atoms with Crippen molar-refractivity contribution in [2.24, 2.45) is 0 Å². The fourth-order valence-electron chi connectivity index (χ4n) is 4.31. The number of nitrogens with zero attached hydrogens (tertiary/aromatic N) is 2. The summed E-state index contributed by atoms with van der Waals surface area (Å²) in [6.07, 6.45) is 4.84. The van der Waals surface area contributed by atoms with Crippen LogP contribution in [0.5, 0.6) is 0 Å². The summed E-state index contributed by atoms with van der Waals surface area (Å²) >= 11 is 0. The number of hydrogen-bond donors (Lipinski definition) is 1. The highest BCUT2D eigenvalue weighted by atomic mass is 19.1. The zero-order valence-corrected chi connectivity index (χ0v) is 16.1. The standard InChI is InChI=1S/C23H27FN2O2/c24-20-9-3-2-8-19(20)23(28)26-14-6-7-17-15-18(10-11-21(17)26)22(27)16-25-12-4-1-5-13-25/h2-3,8-11,15,22,27H,1,4-7,12-14,16H2. The largest absolute Gasteiger partial charge is 0.387 e. The molecule has 1 unspecified atom stereocenters. The van der Waals surface area contributed by atoms with Crippen LogP contribution in [0, 0.1) is 5.82 Å². The minimum atomic E-state index is -0.527. The molecule has 2 heterocycles. The van der Waals surface area contributed by atoms with Crippen LogP contribution >= 0.6 is 0 Å². The van der Waals surface area contributed by atoms with E-state index in [0.29, 0.717) is 13.1 Å². The van der Waals surface area contributed by atoms with Crippen LogP contribution in [-0.2, 0) is 6.42 Å². The number of aryl methyl sites for hydroxylation is 1. The molecule has 2 aromatic carbocycles. The van der Waals surface area contributed by atoms with E-state index in [0.717, 1.165) is 42.7 Å². The average Bonchev–Trinajstić information content (AvgIpc) is 2.73. The molecule has 4 rings (SSSR count). The third-order valence-corrected chi connectivity index (χ3v) is 5.84. The van der Waals surface area contributed by atoms with E-state index in [-0.39, 0.29) is 11.5 Å². The molecule has 2 aliphatic heterocycles. The minimum Gasteiger partial charge on any atom is -0.387 e. The lowest BCUT2D eigenvalue weighted by Gasteiger charge is -2.31. The van der Waals surface area contributed by atoms with E-state index >= 15 is 0 Å². The lowest BCUT2D eigenvalue weighted by molar-refractivity contribution is 0.0981. The molecule has 2 aliphatic rings. The third kappa shape index (κ3) is 3.96. The second-order valence-corrected chi connectivity index (χ2v) is 7.81. The lowest BCUT2D eigenvalue weighted by atomic mass is 9.96. The molecule has 0 aliphatic carbocycles. The van der Waals surface area contributed by atoms with Gasteiger partial charge in [-0.05, 0) is 68.1 Å². The minimum absolute atomic E-state index is 0.101. The summed E-state index contributed by atoms with van der Waals surface area (Å²) in [5.74, 6) is -0.797. The molecule has 28 heavy (non-hydrogen) atoms. The predicted octanol–water partition coefficient (Wildman–Crippen LogP) is 3.94. The number of rotatable bonds is 4. The van der Waals surface area contributed by atoms with Gasteiger partial charge in [0.15, 0.2) is 0 Å². The Hall–Kier alpha value is -2.24. The number of likely N-dealkylation sites (tertiary alicyclic amines) is 1. The van der Waals surface area contributed by atoms with Crippen molar-refractivity contribution in [1.82, 2.24) is 4.90 Å². The molecule has 1 amide bonds. The number of aliphatic hydroxyl groups is 1. The molecule has 1 N–H and O–H groups in total. The van der Waals surface area contributed by atoms with Gasteiger partial charge < -0.3 is 14.9 Å². The van der Waals surface area contributed by atoms with Crippen LogP contribution in [0.4, 0.5) is 10.1 Å². The van der Waals surface area contributed by atoms with Crippen LogP contribution in [-0.4, -0.2) is 42.1 Å². The summed E-state index contributed by atoms with van der Waals surface area (Å²) < 4.78 is 14.1. The summed E-state index contributed by atoms with van der Waals surface area (Å²) in [7, 11) is 0. The van der Waals surface area contributed by atoms with Gasteiger partial charge in [-0.2, -0.15) is 0 Å². The molecule has 2 aromatic rings. The van der Waals surface area contributed by atoms with Gasteiger partial charge in [-0.25, -0.2) is 4.39 Å². The first-order chi connectivity index (χ1) is 13.6. The van der Waals surface area contributed by atoms with Gasteiger partial charge in [0.2, 0.25) is 0 Å². The maximum absolute atomic E-state index is 14.1. The Labute approximate surface area is 165 Å². The molecular formula is C23H27FN2O2. The Bertz CT molecular complexity index is 848. The van der Waals surface area contributed by atoms with Crippen molar-refractivity contribution in [3.05, 3.63) is 65.0 Å². The number of carbonyl (C=O) groups is 1. The predicted molar refractivity (Wildman–Crippen MR) is 108 cm³/mol. The highest BCUT2D eigenvalue weighted by Crippen LogP contribution is 2.31. The van der Waals surface area contributed by atoms with Crippen molar-refractivity contribution in [3.63, 3.8) is 0 Å². The number of piperidine rings is 1. The SMILES string of the molecule is O=C(c1ccccc1F)N1CCCc2cc(C(O)CN3CCCCC3)ccc21. The van der Waals surface area contributed by atoms with Gasteiger partial charge in [0.05, 0.1) is 11.7 Å². The molecule has 5 heteroatoms. The Kier molecular flexibility index (Phi) is 5.74. The molecule has 1 fully saturated rings. The van der Waals surface area contributed by atoms with Crippen molar-refractivity contribution in [2.45, 2.75) is 38.2 Å². The first-order valence-corrected chi connectivity index (χ1v) is 10.2. The zero-order valence-electron chi connectivity index (χ0n) is 16.1. The molecule has 1 atom stereocenters. The molecule has 0 bridgehead atoms. The summed E-state index contributed by atoms with van der Waals surface area (Å²) in [5.41, 5.74) is 2.87. The van der Waals surface area contributed by atoms with E-state index in [1.165, 1.54) is 31.4 Å². The fourth-order valence-corrected chi connectivity index (χ4v) is 4.31. The monoisotopic (exact) mass is 382 g/mol. The Morgan fingerprint density at radius 3 is 2.61 bits per heavy atom. The second-order valence-electron chi connectivity index (χ2n) is 7.81. The first-order valence-electron chi connectivity index (χ1n) is 10.2. The highest BCUT2D eigenvalue weighted by Gasteiger charge is 2.26. The van der Waals surface area contributed by atoms with Gasteiger partial charge in [-0.3, -0.25) is 4.79 Å². The van der Waals surface area contributed by atoms with Crippen LogP contribution in [0.1, 0.15) is 53.3 Å². The second kappa shape index (κ2) is 8.41. The van der Waals surface area contributed by atoms with E-state index < -0.39 is 11.9 Å². The smallest absolute Gasteiger partial charge is 0.261 e. The molecule has 0 spiro atoms. The van der Waals surface area contributed by atoms with Crippen molar-refractivity contribution < 1.29 is 14.3 Å². The number of benzene rings is 2. The number of halogens is 1. The topological polar surface area (TPSA) is 43.8 Å². The van der Waals surface area contributed by atoms with Crippen LogP contribution < -0.4 is 4.90 Å². The summed E-state index contributed by atoms with van der Waals surface area (Å²) in [6.45, 7) is 3.33. The van der Waals surface area contributed by atoms with E-state index in [4.69, 9.17) is 0 Å². The average molecular weight is 382 g/mol. The highest BCUT2D eigenvalue weighted by molar-refractivity contribution is 6.06. The van der Waals surface area contributed by atoms with Crippen molar-refractivity contribution in [1.29, 1.82) is 0 Å². The maximum atomic E-state index is 14.1. The van der Waals surface area contributed by atoms with Crippen molar-refractivity contribution in [3.8, 4) is 0 Å². The fraction of sp³-hybridized carbons (Fsp3) is 0.435. The van der Waals surface area contributed by atoms with Gasteiger partial charge in [0, 0.05) is 18.8 Å². The number of carbonyl (C=O) groups excluding carboxylic acids is 1. The summed E-state index contributed by atoms with van der Waals surface area (Å²) in [5, 5.41) is 10.7. The Morgan fingerprint density at radius 2 is 1.82 bits per heavy atom. The van der Waals surface area contributed by atoms with Gasteiger partial charge in [-0.15, -0.1) is 0 Å². The summed E-state index contributed by atoms with van der Waals surface area (Å²) in [4.78, 5) is 16.9.